The predicted molar refractivity (Wildman–Crippen MR) is 126 cm³/mol. The maximum Gasteiger partial charge on any atom is 0.421 e. The molecule has 2 aliphatic heterocycles. The van der Waals surface area contributed by atoms with Crippen LogP contribution in [-0.4, -0.2) is 74.7 Å². The van der Waals surface area contributed by atoms with Crippen LogP contribution in [0.25, 0.3) is 0 Å². The molecule has 0 atom stereocenters. The molecule has 1 amide bonds. The van der Waals surface area contributed by atoms with E-state index in [1.165, 1.54) is 12.8 Å². The number of piperidine rings is 1. The third kappa shape index (κ3) is 6.83. The Balaban J connectivity index is 1.38. The van der Waals surface area contributed by atoms with Crippen LogP contribution in [0, 0.1) is 6.92 Å². The van der Waals surface area contributed by atoms with Crippen molar-refractivity contribution in [2.45, 2.75) is 58.2 Å². The van der Waals surface area contributed by atoms with E-state index in [1.807, 2.05) is 17.8 Å². The Hall–Kier alpha value is -2.89. The fraction of sp³-hybridized carbons (Fsp3) is 0.652. The van der Waals surface area contributed by atoms with Crippen LogP contribution in [-0.2, 0) is 17.5 Å². The third-order valence-electron chi connectivity index (χ3n) is 6.45. The number of carbonyl (C=O) groups excluding carboxylic acids is 1. The van der Waals surface area contributed by atoms with Crippen LogP contribution in [0.5, 0.6) is 0 Å². The van der Waals surface area contributed by atoms with Crippen molar-refractivity contribution in [3.63, 3.8) is 0 Å². The number of halogens is 3. The Kier molecular flexibility index (Phi) is 8.09. The summed E-state index contributed by atoms with van der Waals surface area (Å²) in [5.74, 6) is -0.106. The molecule has 4 rings (SSSR count). The number of hydrogen-bond acceptors (Lipinski definition) is 7. The maximum atomic E-state index is 13.5. The van der Waals surface area contributed by atoms with E-state index >= 15 is 0 Å². The summed E-state index contributed by atoms with van der Waals surface area (Å²) in [6.45, 7) is 7.18. The van der Waals surface area contributed by atoms with Gasteiger partial charge in [-0.1, -0.05) is 0 Å². The second-order valence-corrected chi connectivity index (χ2v) is 9.14. The largest absolute Gasteiger partial charge is 0.421 e. The summed E-state index contributed by atoms with van der Waals surface area (Å²) in [5.41, 5.74) is 0.450. The molecular weight excluding hydrogens is 461 g/mol. The quantitative estimate of drug-likeness (QED) is 0.487. The number of carbonyl (C=O) groups is 1. The second-order valence-electron chi connectivity index (χ2n) is 9.14. The van der Waals surface area contributed by atoms with Crippen LogP contribution in [0.2, 0.25) is 0 Å². The molecule has 2 aromatic rings. The van der Waals surface area contributed by atoms with E-state index in [4.69, 9.17) is 0 Å². The average Bonchev–Trinajstić information content (AvgIpc) is 3.45. The van der Waals surface area contributed by atoms with Crippen LogP contribution in [0.15, 0.2) is 12.4 Å². The van der Waals surface area contributed by atoms with Gasteiger partial charge in [0.05, 0.1) is 17.9 Å². The van der Waals surface area contributed by atoms with E-state index in [9.17, 15) is 18.0 Å². The number of rotatable bonds is 10. The number of aryl methyl sites for hydroxylation is 1. The van der Waals surface area contributed by atoms with Crippen LogP contribution >= 0.6 is 0 Å². The molecule has 192 valence electrons. The molecular formula is C23H33F3N8O. The minimum absolute atomic E-state index is 0.0638. The van der Waals surface area contributed by atoms with Gasteiger partial charge in [-0.15, -0.1) is 0 Å². The molecule has 35 heavy (non-hydrogen) atoms. The summed E-state index contributed by atoms with van der Waals surface area (Å²) in [7, 11) is 0. The van der Waals surface area contributed by atoms with Crippen molar-refractivity contribution in [1.82, 2.24) is 29.5 Å². The highest BCUT2D eigenvalue weighted by Gasteiger charge is 2.35. The number of likely N-dealkylation sites (tertiary alicyclic amines) is 2. The first-order valence-corrected chi connectivity index (χ1v) is 12.3. The lowest BCUT2D eigenvalue weighted by molar-refractivity contribution is -0.137. The first-order chi connectivity index (χ1) is 16.8. The van der Waals surface area contributed by atoms with Gasteiger partial charge in [0.1, 0.15) is 11.4 Å². The van der Waals surface area contributed by atoms with Crippen LogP contribution in [0.3, 0.4) is 0 Å². The summed E-state index contributed by atoms with van der Waals surface area (Å²) in [6.07, 6.45) is 3.42. The van der Waals surface area contributed by atoms with Gasteiger partial charge in [0.25, 0.3) is 0 Å². The SMILES string of the molecule is Cc1nn(CCN2CCCC2)cc1Nc1ncc(C(F)(F)F)c(NCCCN2CCCCC2=O)n1. The number of aromatic nitrogens is 4. The van der Waals surface area contributed by atoms with E-state index in [0.29, 0.717) is 31.6 Å². The molecule has 2 fully saturated rings. The van der Waals surface area contributed by atoms with Gasteiger partial charge in [-0.3, -0.25) is 9.48 Å². The van der Waals surface area contributed by atoms with Crippen molar-refractivity contribution in [1.29, 1.82) is 0 Å². The highest BCUT2D eigenvalue weighted by atomic mass is 19.4. The minimum Gasteiger partial charge on any atom is -0.369 e. The average molecular weight is 495 g/mol. The molecule has 0 bridgehead atoms. The molecule has 9 nitrogen and oxygen atoms in total. The maximum absolute atomic E-state index is 13.5. The first-order valence-electron chi connectivity index (χ1n) is 12.3. The smallest absolute Gasteiger partial charge is 0.369 e. The van der Waals surface area contributed by atoms with E-state index in [0.717, 1.165) is 50.9 Å². The second kappa shape index (κ2) is 11.2. The Bertz CT molecular complexity index is 1000. The van der Waals surface area contributed by atoms with Gasteiger partial charge in [-0.2, -0.15) is 23.3 Å². The molecule has 0 spiro atoms. The van der Waals surface area contributed by atoms with Crippen molar-refractivity contribution < 1.29 is 18.0 Å². The number of hydrogen-bond donors (Lipinski definition) is 2. The Morgan fingerprint density at radius 3 is 2.57 bits per heavy atom. The fourth-order valence-corrected chi connectivity index (χ4v) is 4.48. The van der Waals surface area contributed by atoms with Gasteiger partial charge in [-0.25, -0.2) is 4.98 Å². The number of anilines is 3. The molecule has 0 aliphatic carbocycles. The molecule has 2 aromatic heterocycles. The molecule has 0 saturated carbocycles. The van der Waals surface area contributed by atoms with Crippen molar-refractivity contribution in [2.75, 3.05) is 49.9 Å². The number of amides is 1. The third-order valence-corrected chi connectivity index (χ3v) is 6.45. The molecule has 0 unspecified atom stereocenters. The Morgan fingerprint density at radius 1 is 1.06 bits per heavy atom. The standard InChI is InChI=1S/C23H33F3N8O/c1-17-19(16-34(31-17)14-13-32-9-4-5-10-32)29-22-28-15-18(23(24,25)26)21(30-22)27-8-6-12-33-11-3-2-7-20(33)35/h15-16H,2-14H2,1H3,(H2,27,28,29,30). The van der Waals surface area contributed by atoms with Crippen molar-refractivity contribution in [2.24, 2.45) is 0 Å². The predicted octanol–water partition coefficient (Wildman–Crippen LogP) is 3.65. The molecule has 2 N–H and O–H groups in total. The first kappa shape index (κ1) is 25.2. The molecule has 0 aromatic carbocycles. The van der Waals surface area contributed by atoms with Gasteiger partial charge in [0, 0.05) is 45.0 Å². The highest BCUT2D eigenvalue weighted by Crippen LogP contribution is 2.34. The topological polar surface area (TPSA) is 91.2 Å². The lowest BCUT2D eigenvalue weighted by Crippen LogP contribution is -2.36. The summed E-state index contributed by atoms with van der Waals surface area (Å²) in [4.78, 5) is 24.1. The van der Waals surface area contributed by atoms with Gasteiger partial charge in [0.15, 0.2) is 0 Å². The zero-order valence-corrected chi connectivity index (χ0v) is 20.1. The van der Waals surface area contributed by atoms with Crippen molar-refractivity contribution in [3.05, 3.63) is 23.7 Å². The summed E-state index contributed by atoms with van der Waals surface area (Å²) in [5, 5.41) is 10.3. The lowest BCUT2D eigenvalue weighted by atomic mass is 10.1. The fourth-order valence-electron chi connectivity index (χ4n) is 4.48. The number of nitrogens with one attached hydrogen (secondary N) is 2. The molecule has 2 aliphatic rings. The van der Waals surface area contributed by atoms with Gasteiger partial charge in [0.2, 0.25) is 11.9 Å². The zero-order chi connectivity index (χ0) is 24.8. The zero-order valence-electron chi connectivity index (χ0n) is 20.1. The molecule has 0 radical (unpaired) electrons. The van der Waals surface area contributed by atoms with Crippen molar-refractivity contribution >= 4 is 23.4 Å². The van der Waals surface area contributed by atoms with Crippen LogP contribution in [0.1, 0.15) is 49.8 Å². The Morgan fingerprint density at radius 2 is 1.83 bits per heavy atom. The highest BCUT2D eigenvalue weighted by molar-refractivity contribution is 5.76. The lowest BCUT2D eigenvalue weighted by Gasteiger charge is -2.26. The summed E-state index contributed by atoms with van der Waals surface area (Å²) in [6, 6.07) is 0. The van der Waals surface area contributed by atoms with Crippen LogP contribution in [0.4, 0.5) is 30.6 Å². The number of alkyl halides is 3. The molecule has 2 saturated heterocycles. The van der Waals surface area contributed by atoms with E-state index in [2.05, 4.69) is 30.6 Å². The van der Waals surface area contributed by atoms with E-state index < -0.39 is 11.7 Å². The number of nitrogens with zero attached hydrogens (tertiary/aromatic N) is 6. The van der Waals surface area contributed by atoms with Crippen LogP contribution < -0.4 is 10.6 Å². The van der Waals surface area contributed by atoms with E-state index in [1.54, 1.807) is 4.90 Å². The van der Waals surface area contributed by atoms with Crippen molar-refractivity contribution in [3.8, 4) is 0 Å². The van der Waals surface area contributed by atoms with Gasteiger partial charge in [-0.05, 0) is 52.1 Å². The minimum atomic E-state index is -4.58. The normalized spacial score (nSPS) is 17.3. The molecule has 4 heterocycles. The Labute approximate surface area is 203 Å². The van der Waals surface area contributed by atoms with Gasteiger partial charge >= 0.3 is 6.18 Å². The van der Waals surface area contributed by atoms with Gasteiger partial charge < -0.3 is 20.4 Å². The van der Waals surface area contributed by atoms with E-state index in [-0.39, 0.29) is 24.2 Å². The summed E-state index contributed by atoms with van der Waals surface area (Å²) >= 11 is 0. The summed E-state index contributed by atoms with van der Waals surface area (Å²) < 4.78 is 42.4. The molecule has 12 heteroatoms. The monoisotopic (exact) mass is 494 g/mol.